The van der Waals surface area contributed by atoms with Crippen LogP contribution in [-0.2, 0) is 13.0 Å². The summed E-state index contributed by atoms with van der Waals surface area (Å²) >= 11 is 1.36. The van der Waals surface area contributed by atoms with Gasteiger partial charge in [-0.05, 0) is 33.3 Å². The molecule has 1 amide bonds. The van der Waals surface area contributed by atoms with E-state index in [-0.39, 0.29) is 5.56 Å². The lowest BCUT2D eigenvalue weighted by atomic mass is 10.2. The molecule has 0 spiro atoms. The van der Waals surface area contributed by atoms with Crippen LogP contribution in [0.1, 0.15) is 39.2 Å². The lowest BCUT2D eigenvalue weighted by molar-refractivity contribution is -0.141. The van der Waals surface area contributed by atoms with Crippen molar-refractivity contribution in [2.75, 3.05) is 5.32 Å². The van der Waals surface area contributed by atoms with Crippen molar-refractivity contribution in [3.05, 3.63) is 33.6 Å². The number of anilines is 1. The summed E-state index contributed by atoms with van der Waals surface area (Å²) in [6, 6.07) is 1.47. The maximum Gasteiger partial charge on any atom is 0.406 e. The Morgan fingerprint density at radius 2 is 2.00 bits per heavy atom. The second-order valence-electron chi connectivity index (χ2n) is 5.32. The fourth-order valence-corrected chi connectivity index (χ4v) is 3.32. The summed E-state index contributed by atoms with van der Waals surface area (Å²) in [6.45, 7) is 5.85. The van der Waals surface area contributed by atoms with E-state index in [2.05, 4.69) is 10.3 Å². The summed E-state index contributed by atoms with van der Waals surface area (Å²) < 4.78 is 38.9. The van der Waals surface area contributed by atoms with Crippen LogP contribution in [-0.4, -0.2) is 21.6 Å². The highest BCUT2D eigenvalue weighted by molar-refractivity contribution is 7.15. The van der Waals surface area contributed by atoms with Gasteiger partial charge < -0.3 is 4.57 Å². The Balaban J connectivity index is 2.24. The first kappa shape index (κ1) is 17.5. The van der Waals surface area contributed by atoms with Crippen LogP contribution in [0.2, 0.25) is 0 Å². The molecule has 0 aliphatic heterocycles. The third-order valence-electron chi connectivity index (χ3n) is 3.60. The van der Waals surface area contributed by atoms with Gasteiger partial charge >= 0.3 is 6.18 Å². The van der Waals surface area contributed by atoms with Gasteiger partial charge in [-0.2, -0.15) is 13.2 Å². The molecule has 0 aliphatic rings. The molecule has 8 heteroatoms. The first-order valence-electron chi connectivity index (χ1n) is 7.13. The number of thiazole rings is 1. The van der Waals surface area contributed by atoms with Crippen LogP contribution in [0.4, 0.5) is 18.3 Å². The topological polar surface area (TPSA) is 46.9 Å². The van der Waals surface area contributed by atoms with Crippen molar-refractivity contribution < 1.29 is 18.0 Å². The number of halogens is 3. The number of hydrogen-bond acceptors (Lipinski definition) is 3. The molecular formula is C15H18F3N3OS. The molecule has 2 aromatic rings. The molecule has 2 rings (SSSR count). The molecule has 0 aromatic carbocycles. The van der Waals surface area contributed by atoms with Crippen LogP contribution >= 0.6 is 11.3 Å². The Hall–Kier alpha value is -1.83. The molecule has 0 saturated heterocycles. The van der Waals surface area contributed by atoms with Crippen molar-refractivity contribution in [3.8, 4) is 0 Å². The van der Waals surface area contributed by atoms with E-state index in [1.807, 2.05) is 13.8 Å². The van der Waals surface area contributed by atoms with Crippen LogP contribution in [0, 0.1) is 20.8 Å². The number of amides is 1. The van der Waals surface area contributed by atoms with Crippen molar-refractivity contribution in [1.82, 2.24) is 9.55 Å². The first-order chi connectivity index (χ1) is 10.6. The summed E-state index contributed by atoms with van der Waals surface area (Å²) in [4.78, 5) is 17.7. The lowest BCUT2D eigenvalue weighted by Crippen LogP contribution is -2.20. The second-order valence-corrected chi connectivity index (χ2v) is 6.52. The van der Waals surface area contributed by atoms with Crippen molar-refractivity contribution >= 4 is 22.4 Å². The van der Waals surface area contributed by atoms with Crippen molar-refractivity contribution in [3.63, 3.8) is 0 Å². The number of nitrogens with zero attached hydrogens (tertiary/aromatic N) is 2. The number of alkyl halides is 3. The van der Waals surface area contributed by atoms with Gasteiger partial charge in [-0.1, -0.05) is 6.92 Å². The van der Waals surface area contributed by atoms with Gasteiger partial charge in [-0.15, -0.1) is 11.3 Å². The van der Waals surface area contributed by atoms with Crippen molar-refractivity contribution in [2.24, 2.45) is 0 Å². The van der Waals surface area contributed by atoms with E-state index in [4.69, 9.17) is 0 Å². The van der Waals surface area contributed by atoms with E-state index in [1.54, 1.807) is 6.92 Å². The number of carbonyl (C=O) groups is 1. The van der Waals surface area contributed by atoms with Crippen LogP contribution in [0.25, 0.3) is 0 Å². The standard InChI is InChI=1S/C15H18F3N3OS/c1-5-12-10(4)23-14(19-12)20-13(22)11-6-8(2)21(9(11)3)7-15(16,17)18/h6H,5,7H2,1-4H3,(H,19,20,22). The minimum Gasteiger partial charge on any atom is -0.339 e. The van der Waals surface area contributed by atoms with Gasteiger partial charge in [0.2, 0.25) is 0 Å². The molecule has 2 heterocycles. The molecule has 0 fully saturated rings. The summed E-state index contributed by atoms with van der Waals surface area (Å²) in [7, 11) is 0. The fraction of sp³-hybridized carbons (Fsp3) is 0.467. The van der Waals surface area contributed by atoms with Crippen LogP contribution in [0.15, 0.2) is 6.07 Å². The normalized spacial score (nSPS) is 11.8. The smallest absolute Gasteiger partial charge is 0.339 e. The lowest BCUT2D eigenvalue weighted by Gasteiger charge is -2.12. The summed E-state index contributed by atoms with van der Waals surface area (Å²) in [5.41, 5.74) is 1.83. The Morgan fingerprint density at radius 3 is 2.52 bits per heavy atom. The molecule has 0 aliphatic carbocycles. The first-order valence-corrected chi connectivity index (χ1v) is 7.95. The highest BCUT2D eigenvalue weighted by Gasteiger charge is 2.30. The minimum atomic E-state index is -4.33. The Bertz CT molecular complexity index is 731. The zero-order valence-electron chi connectivity index (χ0n) is 13.3. The number of rotatable bonds is 4. The zero-order chi connectivity index (χ0) is 17.4. The number of carbonyl (C=O) groups excluding carboxylic acids is 1. The number of aromatic nitrogens is 2. The average molecular weight is 345 g/mol. The summed E-state index contributed by atoms with van der Waals surface area (Å²) in [5, 5.41) is 3.13. The van der Waals surface area contributed by atoms with Gasteiger partial charge in [0, 0.05) is 16.3 Å². The van der Waals surface area contributed by atoms with Gasteiger partial charge in [0.05, 0.1) is 11.3 Å². The number of nitrogens with one attached hydrogen (secondary N) is 1. The highest BCUT2D eigenvalue weighted by atomic mass is 32.1. The van der Waals surface area contributed by atoms with Gasteiger partial charge in [-0.25, -0.2) is 4.98 Å². The van der Waals surface area contributed by atoms with E-state index < -0.39 is 18.6 Å². The monoisotopic (exact) mass is 345 g/mol. The molecule has 126 valence electrons. The van der Waals surface area contributed by atoms with E-state index in [9.17, 15) is 18.0 Å². The molecule has 0 saturated carbocycles. The van der Waals surface area contributed by atoms with Crippen LogP contribution in [0.5, 0.6) is 0 Å². The predicted octanol–water partition coefficient (Wildman–Crippen LogP) is 4.25. The molecule has 2 aromatic heterocycles. The van der Waals surface area contributed by atoms with Crippen LogP contribution < -0.4 is 5.32 Å². The van der Waals surface area contributed by atoms with Gasteiger partial charge in [-0.3, -0.25) is 10.1 Å². The number of aryl methyl sites for hydroxylation is 3. The molecule has 0 atom stereocenters. The largest absolute Gasteiger partial charge is 0.406 e. The fourth-order valence-electron chi connectivity index (χ4n) is 2.43. The Labute approximate surface area is 136 Å². The molecule has 0 bridgehead atoms. The Morgan fingerprint density at radius 1 is 1.35 bits per heavy atom. The quantitative estimate of drug-likeness (QED) is 0.901. The molecule has 1 N–H and O–H groups in total. The predicted molar refractivity (Wildman–Crippen MR) is 84.1 cm³/mol. The van der Waals surface area contributed by atoms with E-state index in [0.717, 1.165) is 21.6 Å². The molecule has 23 heavy (non-hydrogen) atoms. The number of hydrogen-bond donors (Lipinski definition) is 1. The minimum absolute atomic E-state index is 0.234. The van der Waals surface area contributed by atoms with Crippen molar-refractivity contribution in [2.45, 2.75) is 46.8 Å². The van der Waals surface area contributed by atoms with Crippen LogP contribution in [0.3, 0.4) is 0 Å². The van der Waals surface area contributed by atoms with Gasteiger partial charge in [0.1, 0.15) is 6.54 Å². The van der Waals surface area contributed by atoms with E-state index in [1.165, 1.54) is 24.3 Å². The zero-order valence-corrected chi connectivity index (χ0v) is 14.2. The summed E-state index contributed by atoms with van der Waals surface area (Å²) in [5.74, 6) is -0.442. The van der Waals surface area contributed by atoms with Gasteiger partial charge in [0.15, 0.2) is 5.13 Å². The molecular weight excluding hydrogens is 327 g/mol. The van der Waals surface area contributed by atoms with E-state index >= 15 is 0 Å². The van der Waals surface area contributed by atoms with Crippen molar-refractivity contribution in [1.29, 1.82) is 0 Å². The SMILES string of the molecule is CCc1nc(NC(=O)c2cc(C)n(CC(F)(F)F)c2C)sc1C. The average Bonchev–Trinajstić information content (AvgIpc) is 2.91. The second kappa shape index (κ2) is 6.35. The van der Waals surface area contributed by atoms with E-state index in [0.29, 0.717) is 16.5 Å². The molecule has 0 radical (unpaired) electrons. The molecule has 0 unspecified atom stereocenters. The third-order valence-corrected chi connectivity index (χ3v) is 4.53. The third kappa shape index (κ3) is 3.93. The Kier molecular flexibility index (Phi) is 4.84. The maximum atomic E-state index is 12.6. The van der Waals surface area contributed by atoms with Gasteiger partial charge in [0.25, 0.3) is 5.91 Å². The highest BCUT2D eigenvalue weighted by Crippen LogP contribution is 2.26. The maximum absolute atomic E-state index is 12.6. The summed E-state index contributed by atoms with van der Waals surface area (Å²) in [6.07, 6.45) is -3.57. The molecule has 4 nitrogen and oxygen atoms in total.